The summed E-state index contributed by atoms with van der Waals surface area (Å²) in [6, 6.07) is 6.66. The summed E-state index contributed by atoms with van der Waals surface area (Å²) in [5, 5.41) is 3.09. The second-order valence-electron chi connectivity index (χ2n) is 4.25. The van der Waals surface area contributed by atoms with E-state index in [0.717, 1.165) is 0 Å². The van der Waals surface area contributed by atoms with Crippen molar-refractivity contribution in [3.63, 3.8) is 0 Å². The smallest absolute Gasteiger partial charge is 0.377 e. The third-order valence-electron chi connectivity index (χ3n) is 2.60. The van der Waals surface area contributed by atoms with E-state index in [9.17, 15) is 9.59 Å². The highest BCUT2D eigenvalue weighted by Crippen LogP contribution is 2.15. The topological polar surface area (TPSA) is 73.9 Å². The Labute approximate surface area is 126 Å². The number of carbonyl (C=O) groups is 2. The van der Waals surface area contributed by atoms with Crippen LogP contribution in [-0.4, -0.2) is 31.2 Å². The molecule has 0 spiro atoms. The van der Waals surface area contributed by atoms with Crippen molar-refractivity contribution >= 4 is 29.2 Å². The van der Waals surface area contributed by atoms with Gasteiger partial charge in [0, 0.05) is 10.7 Å². The number of amides is 1. The van der Waals surface area contributed by atoms with Gasteiger partial charge in [-0.3, -0.25) is 4.79 Å². The first kappa shape index (κ1) is 15.2. The van der Waals surface area contributed by atoms with E-state index in [0.29, 0.717) is 17.3 Å². The molecule has 7 heteroatoms. The lowest BCUT2D eigenvalue weighted by Gasteiger charge is -2.17. The van der Waals surface area contributed by atoms with Gasteiger partial charge >= 0.3 is 5.97 Å². The van der Waals surface area contributed by atoms with Crippen molar-refractivity contribution in [2.75, 3.05) is 18.5 Å². The number of carbonyl (C=O) groups excluding carboxylic acids is 2. The molecule has 0 fully saturated rings. The predicted molar refractivity (Wildman–Crippen MR) is 75.6 cm³/mol. The first-order valence-corrected chi connectivity index (χ1v) is 6.66. The molecule has 6 nitrogen and oxygen atoms in total. The van der Waals surface area contributed by atoms with Crippen LogP contribution in [0, 0.1) is 0 Å². The van der Waals surface area contributed by atoms with E-state index in [1.54, 1.807) is 24.3 Å². The van der Waals surface area contributed by atoms with Gasteiger partial charge in [-0.2, -0.15) is 0 Å². The lowest BCUT2D eigenvalue weighted by Crippen LogP contribution is -2.31. The molecule has 112 valence electrons. The Morgan fingerprint density at radius 1 is 1.38 bits per heavy atom. The molecule has 1 aromatic rings. The number of benzene rings is 1. The van der Waals surface area contributed by atoms with Crippen LogP contribution in [0.5, 0.6) is 0 Å². The molecule has 1 atom stereocenters. The van der Waals surface area contributed by atoms with Crippen molar-refractivity contribution < 1.29 is 23.8 Å². The maximum atomic E-state index is 11.9. The second-order valence-corrected chi connectivity index (χ2v) is 4.68. The van der Waals surface area contributed by atoms with Gasteiger partial charge in [0.25, 0.3) is 5.91 Å². The summed E-state index contributed by atoms with van der Waals surface area (Å²) in [5.74, 6) is -1.27. The third kappa shape index (κ3) is 4.39. The molecular formula is C14H14ClNO5. The monoisotopic (exact) mass is 311 g/mol. The van der Waals surface area contributed by atoms with E-state index in [1.807, 2.05) is 0 Å². The van der Waals surface area contributed by atoms with Crippen molar-refractivity contribution in [1.29, 1.82) is 0 Å². The van der Waals surface area contributed by atoms with Crippen molar-refractivity contribution in [1.82, 2.24) is 0 Å². The van der Waals surface area contributed by atoms with Crippen LogP contribution in [0.4, 0.5) is 5.69 Å². The van der Waals surface area contributed by atoms with Crippen LogP contribution in [0.1, 0.15) is 6.92 Å². The van der Waals surface area contributed by atoms with Crippen LogP contribution in [0.2, 0.25) is 5.02 Å². The van der Waals surface area contributed by atoms with E-state index in [2.05, 4.69) is 5.32 Å². The van der Waals surface area contributed by atoms with Gasteiger partial charge in [0.15, 0.2) is 6.10 Å². The van der Waals surface area contributed by atoms with Gasteiger partial charge in [-0.15, -0.1) is 0 Å². The van der Waals surface area contributed by atoms with E-state index in [1.165, 1.54) is 13.2 Å². The zero-order chi connectivity index (χ0) is 15.2. The fourth-order valence-electron chi connectivity index (χ4n) is 1.56. The molecule has 1 aliphatic rings. The molecule has 2 rings (SSSR count). The van der Waals surface area contributed by atoms with Crippen molar-refractivity contribution in [3.8, 4) is 0 Å². The van der Waals surface area contributed by atoms with Crippen LogP contribution in [0.25, 0.3) is 0 Å². The number of rotatable bonds is 4. The van der Waals surface area contributed by atoms with Crippen LogP contribution < -0.4 is 5.32 Å². The number of ether oxygens (including phenoxy) is 3. The fraction of sp³-hybridized carbons (Fsp3) is 0.286. The van der Waals surface area contributed by atoms with Crippen LogP contribution >= 0.6 is 11.6 Å². The Balaban J connectivity index is 1.90. The van der Waals surface area contributed by atoms with Gasteiger partial charge in [-0.1, -0.05) is 17.7 Å². The van der Waals surface area contributed by atoms with Gasteiger partial charge in [0.05, 0.1) is 0 Å². The molecule has 1 heterocycles. The number of nitrogens with one attached hydrogen (secondary N) is 1. The SMILES string of the molecule is C[C@@H](OC(=O)C1=COCCO1)C(=O)Nc1cccc(Cl)c1. The minimum absolute atomic E-state index is 0.0522. The Kier molecular flexibility index (Phi) is 5.05. The molecular weight excluding hydrogens is 298 g/mol. The standard InChI is InChI=1S/C14H14ClNO5/c1-9(21-14(18)12-8-19-5-6-20-12)13(17)16-11-4-2-3-10(15)7-11/h2-4,7-9H,5-6H2,1H3,(H,16,17)/t9-/m1/s1. The van der Waals surface area contributed by atoms with Crippen molar-refractivity contribution in [3.05, 3.63) is 41.3 Å². The molecule has 0 saturated heterocycles. The summed E-state index contributed by atoms with van der Waals surface area (Å²) < 4.78 is 15.0. The van der Waals surface area contributed by atoms with E-state index in [4.69, 9.17) is 25.8 Å². The van der Waals surface area contributed by atoms with Crippen LogP contribution in [-0.2, 0) is 23.8 Å². The van der Waals surface area contributed by atoms with Gasteiger partial charge in [0.1, 0.15) is 19.5 Å². The predicted octanol–water partition coefficient (Wildman–Crippen LogP) is 2.10. The lowest BCUT2D eigenvalue weighted by molar-refractivity contribution is -0.153. The molecule has 0 aromatic heterocycles. The number of hydrogen-bond donors (Lipinski definition) is 1. The average Bonchev–Trinajstić information content (AvgIpc) is 2.48. The molecule has 1 N–H and O–H groups in total. The minimum atomic E-state index is -0.983. The number of hydrogen-bond acceptors (Lipinski definition) is 5. The summed E-state index contributed by atoms with van der Waals surface area (Å²) in [6.07, 6.45) is 0.191. The Bertz CT molecular complexity index is 572. The third-order valence-corrected chi connectivity index (χ3v) is 2.83. The molecule has 0 radical (unpaired) electrons. The quantitative estimate of drug-likeness (QED) is 0.862. The molecule has 0 unspecified atom stereocenters. The van der Waals surface area contributed by atoms with Gasteiger partial charge in [-0.05, 0) is 25.1 Å². The maximum Gasteiger partial charge on any atom is 0.377 e. The van der Waals surface area contributed by atoms with E-state index >= 15 is 0 Å². The number of anilines is 1. The maximum absolute atomic E-state index is 11.9. The highest BCUT2D eigenvalue weighted by molar-refractivity contribution is 6.30. The summed E-state index contributed by atoms with van der Waals surface area (Å²) in [5.41, 5.74) is 0.520. The van der Waals surface area contributed by atoms with Gasteiger partial charge < -0.3 is 19.5 Å². The van der Waals surface area contributed by atoms with Gasteiger partial charge in [0.2, 0.25) is 5.76 Å². The highest BCUT2D eigenvalue weighted by Gasteiger charge is 2.23. The van der Waals surface area contributed by atoms with E-state index in [-0.39, 0.29) is 12.4 Å². The Morgan fingerprint density at radius 2 is 2.19 bits per heavy atom. The minimum Gasteiger partial charge on any atom is -0.493 e. The normalized spacial score (nSPS) is 15.0. The molecule has 0 bridgehead atoms. The largest absolute Gasteiger partial charge is 0.493 e. The summed E-state index contributed by atoms with van der Waals surface area (Å²) in [4.78, 5) is 23.6. The molecule has 0 aliphatic carbocycles. The van der Waals surface area contributed by atoms with Crippen LogP contribution in [0.15, 0.2) is 36.3 Å². The Morgan fingerprint density at radius 3 is 2.86 bits per heavy atom. The van der Waals surface area contributed by atoms with Gasteiger partial charge in [-0.25, -0.2) is 4.79 Å². The van der Waals surface area contributed by atoms with Crippen molar-refractivity contribution in [2.45, 2.75) is 13.0 Å². The number of halogens is 1. The van der Waals surface area contributed by atoms with E-state index < -0.39 is 18.0 Å². The summed E-state index contributed by atoms with van der Waals surface area (Å²) >= 11 is 5.82. The second kappa shape index (κ2) is 6.99. The molecule has 1 amide bonds. The summed E-state index contributed by atoms with van der Waals surface area (Å²) in [6.45, 7) is 2.10. The molecule has 1 aromatic carbocycles. The Hall–Kier alpha value is -2.21. The molecule has 0 saturated carbocycles. The first-order valence-electron chi connectivity index (χ1n) is 6.28. The zero-order valence-electron chi connectivity index (χ0n) is 11.3. The molecule has 1 aliphatic heterocycles. The fourth-order valence-corrected chi connectivity index (χ4v) is 1.75. The highest BCUT2D eigenvalue weighted by atomic mass is 35.5. The van der Waals surface area contributed by atoms with Crippen molar-refractivity contribution in [2.24, 2.45) is 0 Å². The summed E-state index contributed by atoms with van der Waals surface area (Å²) in [7, 11) is 0. The number of esters is 1. The zero-order valence-corrected chi connectivity index (χ0v) is 12.1. The average molecular weight is 312 g/mol. The van der Waals surface area contributed by atoms with Crippen LogP contribution in [0.3, 0.4) is 0 Å². The first-order chi connectivity index (χ1) is 10.1. The lowest BCUT2D eigenvalue weighted by atomic mass is 10.3. The molecule has 21 heavy (non-hydrogen) atoms.